The van der Waals surface area contributed by atoms with Crippen LogP contribution in [0.2, 0.25) is 0 Å². The molecule has 0 unspecified atom stereocenters. The fraction of sp³-hybridized carbons (Fsp3) is 0.538. The highest BCUT2D eigenvalue weighted by molar-refractivity contribution is 5.78. The van der Waals surface area contributed by atoms with Gasteiger partial charge in [-0.15, -0.1) is 0 Å². The Hall–Kier alpha value is -1.42. The number of amides is 1. The minimum atomic E-state index is 0.186. The van der Waals surface area contributed by atoms with Gasteiger partial charge in [0, 0.05) is 31.9 Å². The molecule has 1 aromatic rings. The minimum Gasteiger partial charge on any atom is -0.359 e. The van der Waals surface area contributed by atoms with E-state index in [0.717, 1.165) is 32.5 Å². The number of carbonyl (C=O) groups excluding carboxylic acids is 1. The maximum Gasteiger partial charge on any atom is 0.222 e. The predicted molar refractivity (Wildman–Crippen MR) is 66.3 cm³/mol. The van der Waals surface area contributed by atoms with Gasteiger partial charge in [0.1, 0.15) is 0 Å². The molecule has 1 fully saturated rings. The molecule has 0 radical (unpaired) electrons. The Labute approximate surface area is 102 Å². The van der Waals surface area contributed by atoms with Crippen molar-refractivity contribution in [2.24, 2.45) is 5.92 Å². The number of carbonyl (C=O) groups is 1. The van der Waals surface area contributed by atoms with Gasteiger partial charge in [-0.05, 0) is 37.6 Å². The molecule has 92 valence electrons. The fourth-order valence-corrected chi connectivity index (χ4v) is 2.31. The maximum atomic E-state index is 11.5. The zero-order chi connectivity index (χ0) is 12.1. The number of piperidine rings is 1. The molecule has 1 N–H and O–H groups in total. The Balaban J connectivity index is 1.82. The summed E-state index contributed by atoms with van der Waals surface area (Å²) in [6, 6.07) is 4.06. The third kappa shape index (κ3) is 3.27. The molecule has 1 amide bonds. The van der Waals surface area contributed by atoms with Gasteiger partial charge in [0.2, 0.25) is 5.91 Å². The van der Waals surface area contributed by atoms with Crippen molar-refractivity contribution in [3.8, 4) is 0 Å². The van der Waals surface area contributed by atoms with Crippen LogP contribution in [0.4, 0.5) is 0 Å². The molecule has 1 aliphatic heterocycles. The highest BCUT2D eigenvalue weighted by atomic mass is 16.1. The summed E-state index contributed by atoms with van der Waals surface area (Å²) in [5.74, 6) is 0.385. The second-order valence-electron chi connectivity index (χ2n) is 4.53. The Bertz CT molecular complexity index is 358. The average Bonchev–Trinajstić information content (AvgIpc) is 2.40. The monoisotopic (exact) mass is 233 g/mol. The molecule has 1 aromatic heterocycles. The maximum absolute atomic E-state index is 11.5. The zero-order valence-corrected chi connectivity index (χ0v) is 10.2. The molecule has 4 heteroatoms. The lowest BCUT2D eigenvalue weighted by Gasteiger charge is -2.30. The first-order chi connectivity index (χ1) is 8.29. The van der Waals surface area contributed by atoms with Crippen molar-refractivity contribution >= 4 is 5.91 Å². The summed E-state index contributed by atoms with van der Waals surface area (Å²) in [4.78, 5) is 18.0. The first-order valence-electron chi connectivity index (χ1n) is 6.12. The largest absolute Gasteiger partial charge is 0.359 e. The van der Waals surface area contributed by atoms with E-state index in [4.69, 9.17) is 0 Å². The van der Waals surface area contributed by atoms with Crippen molar-refractivity contribution in [2.45, 2.75) is 19.4 Å². The predicted octanol–water partition coefficient (Wildman–Crippen LogP) is 1.04. The van der Waals surface area contributed by atoms with E-state index in [1.165, 1.54) is 5.56 Å². The molecule has 0 atom stereocenters. The van der Waals surface area contributed by atoms with Crippen molar-refractivity contribution in [2.75, 3.05) is 20.1 Å². The summed E-state index contributed by atoms with van der Waals surface area (Å²) in [5, 5.41) is 2.73. The van der Waals surface area contributed by atoms with E-state index < -0.39 is 0 Å². The van der Waals surface area contributed by atoms with E-state index in [1.54, 1.807) is 13.2 Å². The average molecular weight is 233 g/mol. The van der Waals surface area contributed by atoms with Crippen molar-refractivity contribution in [3.63, 3.8) is 0 Å². The first kappa shape index (κ1) is 12.0. The van der Waals surface area contributed by atoms with E-state index in [2.05, 4.69) is 21.3 Å². The lowest BCUT2D eigenvalue weighted by Crippen LogP contribution is -2.39. The van der Waals surface area contributed by atoms with Crippen LogP contribution in [0.15, 0.2) is 24.5 Å². The van der Waals surface area contributed by atoms with E-state index >= 15 is 0 Å². The Morgan fingerprint density at radius 2 is 2.29 bits per heavy atom. The molecule has 1 saturated heterocycles. The van der Waals surface area contributed by atoms with Crippen LogP contribution in [0.25, 0.3) is 0 Å². The number of nitrogens with zero attached hydrogens (tertiary/aromatic N) is 2. The number of likely N-dealkylation sites (tertiary alicyclic amines) is 1. The van der Waals surface area contributed by atoms with E-state index in [-0.39, 0.29) is 11.8 Å². The summed E-state index contributed by atoms with van der Waals surface area (Å²) in [6.07, 6.45) is 5.62. The quantitative estimate of drug-likeness (QED) is 0.848. The lowest BCUT2D eigenvalue weighted by atomic mass is 9.96. The zero-order valence-electron chi connectivity index (χ0n) is 10.2. The van der Waals surface area contributed by atoms with Crippen molar-refractivity contribution in [1.82, 2.24) is 15.2 Å². The van der Waals surface area contributed by atoms with Crippen molar-refractivity contribution in [3.05, 3.63) is 30.1 Å². The highest BCUT2D eigenvalue weighted by Gasteiger charge is 2.23. The van der Waals surface area contributed by atoms with Gasteiger partial charge in [-0.25, -0.2) is 0 Å². The molecule has 2 rings (SSSR count). The normalized spacial score (nSPS) is 17.9. The van der Waals surface area contributed by atoms with Crippen LogP contribution in [0, 0.1) is 5.92 Å². The number of pyridine rings is 1. The number of nitrogens with one attached hydrogen (secondary N) is 1. The minimum absolute atomic E-state index is 0.186. The van der Waals surface area contributed by atoms with Crippen LogP contribution in [-0.2, 0) is 11.3 Å². The molecule has 0 aromatic carbocycles. The molecule has 0 saturated carbocycles. The van der Waals surface area contributed by atoms with E-state index in [0.29, 0.717) is 0 Å². The highest BCUT2D eigenvalue weighted by Crippen LogP contribution is 2.18. The summed E-state index contributed by atoms with van der Waals surface area (Å²) < 4.78 is 0. The van der Waals surface area contributed by atoms with Gasteiger partial charge in [-0.3, -0.25) is 14.7 Å². The van der Waals surface area contributed by atoms with Gasteiger partial charge in [-0.1, -0.05) is 6.07 Å². The third-order valence-electron chi connectivity index (χ3n) is 3.33. The van der Waals surface area contributed by atoms with Gasteiger partial charge in [0.05, 0.1) is 0 Å². The molecule has 0 bridgehead atoms. The smallest absolute Gasteiger partial charge is 0.222 e. The second kappa shape index (κ2) is 5.77. The summed E-state index contributed by atoms with van der Waals surface area (Å²) >= 11 is 0. The van der Waals surface area contributed by atoms with Crippen LogP contribution >= 0.6 is 0 Å². The Morgan fingerprint density at radius 1 is 1.53 bits per heavy atom. The molecule has 4 nitrogen and oxygen atoms in total. The van der Waals surface area contributed by atoms with Crippen LogP contribution in [0.1, 0.15) is 18.4 Å². The summed E-state index contributed by atoms with van der Waals surface area (Å²) in [6.45, 7) is 2.92. The Morgan fingerprint density at radius 3 is 2.88 bits per heavy atom. The van der Waals surface area contributed by atoms with Gasteiger partial charge in [0.15, 0.2) is 0 Å². The number of hydrogen-bond donors (Lipinski definition) is 1. The van der Waals surface area contributed by atoms with E-state index in [1.807, 2.05) is 12.3 Å². The van der Waals surface area contributed by atoms with Crippen LogP contribution in [0.5, 0.6) is 0 Å². The van der Waals surface area contributed by atoms with Gasteiger partial charge < -0.3 is 5.32 Å². The van der Waals surface area contributed by atoms with Crippen molar-refractivity contribution < 1.29 is 4.79 Å². The topological polar surface area (TPSA) is 45.2 Å². The lowest BCUT2D eigenvalue weighted by molar-refractivity contribution is -0.125. The molecule has 0 aliphatic carbocycles. The van der Waals surface area contributed by atoms with Gasteiger partial charge in [-0.2, -0.15) is 0 Å². The molecule has 17 heavy (non-hydrogen) atoms. The molecular formula is C13H19N3O. The molecule has 0 spiro atoms. The van der Waals surface area contributed by atoms with Crippen LogP contribution < -0.4 is 5.32 Å². The molecule has 1 aliphatic rings. The van der Waals surface area contributed by atoms with Gasteiger partial charge in [0.25, 0.3) is 0 Å². The number of aromatic nitrogens is 1. The van der Waals surface area contributed by atoms with Gasteiger partial charge >= 0.3 is 0 Å². The number of hydrogen-bond acceptors (Lipinski definition) is 3. The van der Waals surface area contributed by atoms with E-state index in [9.17, 15) is 4.79 Å². The second-order valence-corrected chi connectivity index (χ2v) is 4.53. The summed E-state index contributed by atoms with van der Waals surface area (Å²) in [5.41, 5.74) is 1.24. The standard InChI is InChI=1S/C13H19N3O/c1-14-13(17)12-4-7-16(8-5-12)10-11-3-2-6-15-9-11/h2-3,6,9,12H,4-5,7-8,10H2,1H3,(H,14,17). The number of rotatable bonds is 3. The fourth-order valence-electron chi connectivity index (χ4n) is 2.31. The SMILES string of the molecule is CNC(=O)C1CCN(Cc2cccnc2)CC1. The van der Waals surface area contributed by atoms with Crippen LogP contribution in [0.3, 0.4) is 0 Å². The first-order valence-corrected chi connectivity index (χ1v) is 6.12. The third-order valence-corrected chi connectivity index (χ3v) is 3.33. The Kier molecular flexibility index (Phi) is 4.09. The van der Waals surface area contributed by atoms with Crippen molar-refractivity contribution in [1.29, 1.82) is 0 Å². The summed E-state index contributed by atoms with van der Waals surface area (Å²) in [7, 11) is 1.71. The van der Waals surface area contributed by atoms with Crippen LogP contribution in [-0.4, -0.2) is 35.9 Å². The molecule has 2 heterocycles. The molecular weight excluding hydrogens is 214 g/mol.